The van der Waals surface area contributed by atoms with E-state index in [0.717, 1.165) is 37.8 Å². The Kier molecular flexibility index (Phi) is 7.31. The minimum Gasteiger partial charge on any atom is -0.475 e. The molecule has 0 atom stereocenters. The number of nitrogens with one attached hydrogen (secondary N) is 2. The third kappa shape index (κ3) is 5.98. The predicted octanol–water partition coefficient (Wildman–Crippen LogP) is 2.71. The van der Waals surface area contributed by atoms with Gasteiger partial charge in [-0.05, 0) is 37.1 Å². The third-order valence-corrected chi connectivity index (χ3v) is 4.74. The molecule has 2 aromatic rings. The van der Waals surface area contributed by atoms with Gasteiger partial charge in [0.25, 0.3) is 0 Å². The van der Waals surface area contributed by atoms with Gasteiger partial charge in [-0.25, -0.2) is 9.97 Å². The molecule has 0 saturated carbocycles. The maximum atomic E-state index is 13.0. The zero-order chi connectivity index (χ0) is 21.4. The molecule has 1 saturated heterocycles. The van der Waals surface area contributed by atoms with Gasteiger partial charge >= 0.3 is 6.18 Å². The Morgan fingerprint density at radius 1 is 1.17 bits per heavy atom. The summed E-state index contributed by atoms with van der Waals surface area (Å²) in [5.74, 6) is 1.15. The average molecular weight is 422 g/mol. The van der Waals surface area contributed by atoms with Crippen molar-refractivity contribution in [1.29, 1.82) is 0 Å². The maximum absolute atomic E-state index is 13.0. The number of aliphatic imine (C=N–C) groups is 1. The average Bonchev–Trinajstić information content (AvgIpc) is 2.76. The number of anilines is 1. The highest BCUT2D eigenvalue weighted by molar-refractivity contribution is 5.80. The smallest absolute Gasteiger partial charge is 0.421 e. The van der Waals surface area contributed by atoms with Gasteiger partial charge < -0.3 is 20.3 Å². The molecule has 0 unspecified atom stereocenters. The van der Waals surface area contributed by atoms with Crippen molar-refractivity contribution >= 4 is 11.8 Å². The number of hydrogen-bond acceptors (Lipinski definition) is 5. The largest absolute Gasteiger partial charge is 0.475 e. The van der Waals surface area contributed by atoms with Crippen molar-refractivity contribution in [2.24, 2.45) is 4.99 Å². The molecule has 162 valence electrons. The van der Waals surface area contributed by atoms with Crippen molar-refractivity contribution in [2.45, 2.75) is 25.1 Å². The Morgan fingerprint density at radius 3 is 2.60 bits per heavy atom. The number of alkyl halides is 3. The summed E-state index contributed by atoms with van der Waals surface area (Å²) in [7, 11) is 1.65. The zero-order valence-corrected chi connectivity index (χ0v) is 16.7. The second-order valence-electron chi connectivity index (χ2n) is 6.79. The van der Waals surface area contributed by atoms with Crippen LogP contribution in [-0.2, 0) is 6.18 Å². The fraction of sp³-hybridized carbons (Fsp3) is 0.450. The van der Waals surface area contributed by atoms with Crippen LogP contribution < -0.4 is 20.3 Å². The molecule has 0 radical (unpaired) electrons. The monoisotopic (exact) mass is 422 g/mol. The fourth-order valence-electron chi connectivity index (χ4n) is 3.22. The number of halogens is 3. The van der Waals surface area contributed by atoms with E-state index >= 15 is 0 Å². The van der Waals surface area contributed by atoms with Gasteiger partial charge in [0.2, 0.25) is 5.88 Å². The molecule has 30 heavy (non-hydrogen) atoms. The van der Waals surface area contributed by atoms with Gasteiger partial charge in [-0.1, -0.05) is 6.07 Å². The van der Waals surface area contributed by atoms with Crippen molar-refractivity contribution in [3.8, 4) is 5.88 Å². The molecule has 0 aliphatic carbocycles. The number of rotatable bonds is 6. The minimum absolute atomic E-state index is 0.0267. The molecule has 3 heterocycles. The van der Waals surface area contributed by atoms with Crippen LogP contribution in [0.25, 0.3) is 0 Å². The Morgan fingerprint density at radius 2 is 1.93 bits per heavy atom. The van der Waals surface area contributed by atoms with Gasteiger partial charge in [-0.2, -0.15) is 13.2 Å². The van der Waals surface area contributed by atoms with Crippen LogP contribution in [0.5, 0.6) is 5.88 Å². The number of guanidine groups is 1. The number of ether oxygens (including phenoxy) is 1. The van der Waals surface area contributed by atoms with Crippen molar-refractivity contribution in [3.05, 3.63) is 48.3 Å². The maximum Gasteiger partial charge on any atom is 0.421 e. The van der Waals surface area contributed by atoms with Crippen LogP contribution in [-0.4, -0.2) is 55.3 Å². The lowest BCUT2D eigenvalue weighted by atomic mass is 10.1. The summed E-state index contributed by atoms with van der Waals surface area (Å²) in [5.41, 5.74) is -0.882. The van der Waals surface area contributed by atoms with E-state index in [-0.39, 0.29) is 12.6 Å². The topological polar surface area (TPSA) is 74.7 Å². The molecular formula is C20H25F3N6O. The van der Waals surface area contributed by atoms with Gasteiger partial charge in [-0.3, -0.25) is 4.99 Å². The number of piperidine rings is 1. The highest BCUT2D eigenvalue weighted by atomic mass is 19.4. The molecule has 3 rings (SSSR count). The molecule has 0 aromatic carbocycles. The van der Waals surface area contributed by atoms with E-state index < -0.39 is 17.6 Å². The number of hydrogen-bond donors (Lipinski definition) is 2. The Labute approximate surface area is 173 Å². The van der Waals surface area contributed by atoms with Crippen molar-refractivity contribution in [2.75, 3.05) is 38.2 Å². The normalized spacial score (nSPS) is 15.7. The number of aromatic nitrogens is 2. The van der Waals surface area contributed by atoms with Crippen LogP contribution in [0.1, 0.15) is 18.4 Å². The first kappa shape index (κ1) is 21.7. The zero-order valence-electron chi connectivity index (χ0n) is 16.7. The van der Waals surface area contributed by atoms with Gasteiger partial charge in [0.15, 0.2) is 5.96 Å². The summed E-state index contributed by atoms with van der Waals surface area (Å²) < 4.78 is 44.1. The first-order valence-corrected chi connectivity index (χ1v) is 9.75. The van der Waals surface area contributed by atoms with Crippen LogP contribution in [0.2, 0.25) is 0 Å². The van der Waals surface area contributed by atoms with Gasteiger partial charge in [0.1, 0.15) is 18.0 Å². The molecule has 1 aliphatic heterocycles. The van der Waals surface area contributed by atoms with Gasteiger partial charge in [0.05, 0.1) is 6.54 Å². The standard InChI is InChI=1S/C20H25F3N6O/c1-24-19(27-11-14-30-18-16(20(21,22)23)5-4-10-26-18)28-15-7-12-29(13-8-15)17-6-2-3-9-25-17/h2-6,9-10,15H,7-8,11-14H2,1H3,(H2,24,27,28). The molecule has 1 fully saturated rings. The molecule has 0 spiro atoms. The quantitative estimate of drug-likeness (QED) is 0.424. The first-order valence-electron chi connectivity index (χ1n) is 9.75. The summed E-state index contributed by atoms with van der Waals surface area (Å²) in [5, 5.41) is 6.42. The molecule has 10 heteroatoms. The Balaban J connectivity index is 1.41. The van der Waals surface area contributed by atoms with Crippen molar-refractivity contribution < 1.29 is 17.9 Å². The van der Waals surface area contributed by atoms with Crippen LogP contribution in [0.3, 0.4) is 0 Å². The molecule has 0 amide bonds. The van der Waals surface area contributed by atoms with E-state index in [4.69, 9.17) is 4.74 Å². The minimum atomic E-state index is -4.50. The summed E-state index contributed by atoms with van der Waals surface area (Å²) in [6.07, 6.45) is 0.415. The molecule has 7 nitrogen and oxygen atoms in total. The summed E-state index contributed by atoms with van der Waals surface area (Å²) >= 11 is 0. The highest BCUT2D eigenvalue weighted by Gasteiger charge is 2.35. The summed E-state index contributed by atoms with van der Waals surface area (Å²) in [4.78, 5) is 14.5. The van der Waals surface area contributed by atoms with Crippen LogP contribution in [0.15, 0.2) is 47.7 Å². The van der Waals surface area contributed by atoms with Gasteiger partial charge in [0, 0.05) is 38.6 Å². The number of nitrogens with zero attached hydrogens (tertiary/aromatic N) is 4. The summed E-state index contributed by atoms with van der Waals surface area (Å²) in [6, 6.07) is 8.31. The van der Waals surface area contributed by atoms with Crippen LogP contribution >= 0.6 is 0 Å². The van der Waals surface area contributed by atoms with Gasteiger partial charge in [-0.15, -0.1) is 0 Å². The second kappa shape index (κ2) is 10.1. The lowest BCUT2D eigenvalue weighted by Gasteiger charge is -2.33. The molecular weight excluding hydrogens is 397 g/mol. The van der Waals surface area contributed by atoms with E-state index in [2.05, 4.69) is 30.5 Å². The van der Waals surface area contributed by atoms with E-state index in [0.29, 0.717) is 12.5 Å². The molecule has 2 aromatic heterocycles. The summed E-state index contributed by atoms with van der Waals surface area (Å²) in [6.45, 7) is 2.09. The molecule has 1 aliphatic rings. The van der Waals surface area contributed by atoms with Crippen molar-refractivity contribution in [1.82, 2.24) is 20.6 Å². The van der Waals surface area contributed by atoms with E-state index in [1.54, 1.807) is 13.2 Å². The van der Waals surface area contributed by atoms with Crippen molar-refractivity contribution in [3.63, 3.8) is 0 Å². The fourth-order valence-corrected chi connectivity index (χ4v) is 3.22. The van der Waals surface area contributed by atoms with E-state index in [1.807, 2.05) is 18.2 Å². The van der Waals surface area contributed by atoms with Crippen LogP contribution in [0.4, 0.5) is 19.0 Å². The van der Waals surface area contributed by atoms with E-state index in [1.165, 1.54) is 12.3 Å². The predicted molar refractivity (Wildman–Crippen MR) is 109 cm³/mol. The van der Waals surface area contributed by atoms with E-state index in [9.17, 15) is 13.2 Å². The SMILES string of the molecule is CN=C(NCCOc1ncccc1C(F)(F)F)NC1CCN(c2ccccn2)CC1. The van der Waals surface area contributed by atoms with Crippen LogP contribution in [0, 0.1) is 0 Å². The first-order chi connectivity index (χ1) is 14.5. The second-order valence-corrected chi connectivity index (χ2v) is 6.79. The lowest BCUT2D eigenvalue weighted by Crippen LogP contribution is -2.49. The lowest BCUT2D eigenvalue weighted by molar-refractivity contribution is -0.139. The molecule has 2 N–H and O–H groups in total. The number of pyridine rings is 2. The Bertz CT molecular complexity index is 823. The third-order valence-electron chi connectivity index (χ3n) is 4.74. The molecule has 0 bridgehead atoms. The Hall–Kier alpha value is -3.04. The highest BCUT2D eigenvalue weighted by Crippen LogP contribution is 2.34.